The van der Waals surface area contributed by atoms with Crippen LogP contribution in [0.1, 0.15) is 39.5 Å². The van der Waals surface area contributed by atoms with Gasteiger partial charge in [0.1, 0.15) is 0 Å². The first-order valence-electron chi connectivity index (χ1n) is 7.43. The summed E-state index contributed by atoms with van der Waals surface area (Å²) in [7, 11) is 0. The van der Waals surface area contributed by atoms with E-state index in [1.54, 1.807) is 0 Å². The zero-order valence-electron chi connectivity index (χ0n) is 13.1. The summed E-state index contributed by atoms with van der Waals surface area (Å²) in [6.45, 7) is 3.59. The highest BCUT2D eigenvalue weighted by atomic mass is 35.5. The number of hydrogen-bond donors (Lipinski definition) is 4. The van der Waals surface area contributed by atoms with Gasteiger partial charge in [0.2, 0.25) is 17.7 Å². The number of rotatable bonds is 6. The molecule has 1 saturated carbocycles. The first-order valence-corrected chi connectivity index (χ1v) is 7.43. The molecule has 3 amide bonds. The Morgan fingerprint density at radius 1 is 1.23 bits per heavy atom. The number of hydrogen-bond acceptors (Lipinski definition) is 4. The van der Waals surface area contributed by atoms with Crippen molar-refractivity contribution in [3.8, 4) is 0 Å². The fraction of sp³-hybridized carbons (Fsp3) is 0.786. The third-order valence-corrected chi connectivity index (χ3v) is 3.89. The Morgan fingerprint density at radius 2 is 1.86 bits per heavy atom. The molecule has 128 valence electrons. The number of halogens is 1. The highest BCUT2D eigenvalue weighted by molar-refractivity contribution is 5.87. The van der Waals surface area contributed by atoms with Crippen LogP contribution in [-0.4, -0.2) is 36.3 Å². The summed E-state index contributed by atoms with van der Waals surface area (Å²) in [4.78, 5) is 34.6. The van der Waals surface area contributed by atoms with E-state index >= 15 is 0 Å². The Kier molecular flexibility index (Phi) is 9.04. The van der Waals surface area contributed by atoms with Crippen molar-refractivity contribution in [3.05, 3.63) is 0 Å². The molecule has 2 unspecified atom stereocenters. The van der Waals surface area contributed by atoms with Crippen molar-refractivity contribution < 1.29 is 14.4 Å². The minimum atomic E-state index is -0.619. The summed E-state index contributed by atoms with van der Waals surface area (Å²) in [5, 5.41) is 5.34. The molecule has 1 aliphatic rings. The van der Waals surface area contributed by atoms with Crippen molar-refractivity contribution >= 4 is 30.1 Å². The summed E-state index contributed by atoms with van der Waals surface area (Å²) in [6.07, 6.45) is 3.04. The molecule has 0 aromatic rings. The van der Waals surface area contributed by atoms with Crippen LogP contribution in [0.5, 0.6) is 0 Å². The lowest BCUT2D eigenvalue weighted by Crippen LogP contribution is -2.49. The summed E-state index contributed by atoms with van der Waals surface area (Å²) < 4.78 is 0. The van der Waals surface area contributed by atoms with E-state index in [2.05, 4.69) is 10.6 Å². The van der Waals surface area contributed by atoms with Crippen molar-refractivity contribution in [3.63, 3.8) is 0 Å². The van der Waals surface area contributed by atoms with Crippen molar-refractivity contribution in [1.82, 2.24) is 10.6 Å². The van der Waals surface area contributed by atoms with E-state index in [0.29, 0.717) is 6.42 Å². The van der Waals surface area contributed by atoms with Gasteiger partial charge >= 0.3 is 0 Å². The van der Waals surface area contributed by atoms with Gasteiger partial charge in [-0.05, 0) is 25.2 Å². The lowest BCUT2D eigenvalue weighted by atomic mass is 9.85. The molecule has 0 aromatic carbocycles. The minimum absolute atomic E-state index is 0. The second kappa shape index (κ2) is 9.63. The molecule has 1 fully saturated rings. The average molecular weight is 335 g/mol. The maximum Gasteiger partial charge on any atom is 0.239 e. The molecule has 1 aliphatic carbocycles. The van der Waals surface area contributed by atoms with Crippen LogP contribution in [0, 0.1) is 11.8 Å². The summed E-state index contributed by atoms with van der Waals surface area (Å²) in [6, 6.07) is -0.675. The zero-order valence-corrected chi connectivity index (χ0v) is 13.9. The molecule has 8 heteroatoms. The van der Waals surface area contributed by atoms with Crippen molar-refractivity contribution in [2.24, 2.45) is 23.3 Å². The number of primary amides is 1. The van der Waals surface area contributed by atoms with Crippen LogP contribution < -0.4 is 22.1 Å². The fourth-order valence-corrected chi connectivity index (χ4v) is 2.45. The maximum atomic E-state index is 11.8. The third-order valence-electron chi connectivity index (χ3n) is 3.89. The number of nitrogens with one attached hydrogen (secondary N) is 2. The largest absolute Gasteiger partial charge is 0.369 e. The van der Waals surface area contributed by atoms with Gasteiger partial charge in [-0.15, -0.1) is 12.4 Å². The predicted molar refractivity (Wildman–Crippen MR) is 86.2 cm³/mol. The molecule has 3 atom stereocenters. The lowest BCUT2D eigenvalue weighted by molar-refractivity contribution is -0.128. The Balaban J connectivity index is 0.00000441. The second-order valence-electron chi connectivity index (χ2n) is 6.02. The van der Waals surface area contributed by atoms with E-state index in [9.17, 15) is 14.4 Å². The molecule has 22 heavy (non-hydrogen) atoms. The normalized spacial score (nSPS) is 22.4. The molecule has 0 aromatic heterocycles. The maximum absolute atomic E-state index is 11.8. The van der Waals surface area contributed by atoms with E-state index in [1.807, 2.05) is 13.8 Å². The smallest absolute Gasteiger partial charge is 0.239 e. The van der Waals surface area contributed by atoms with Crippen LogP contribution in [-0.2, 0) is 14.4 Å². The topological polar surface area (TPSA) is 127 Å². The van der Waals surface area contributed by atoms with Gasteiger partial charge in [0.15, 0.2) is 0 Å². The monoisotopic (exact) mass is 334 g/mol. The fourth-order valence-electron chi connectivity index (χ4n) is 2.45. The van der Waals surface area contributed by atoms with Crippen molar-refractivity contribution in [2.75, 3.05) is 6.54 Å². The van der Waals surface area contributed by atoms with Gasteiger partial charge in [-0.1, -0.05) is 20.3 Å². The molecule has 0 aliphatic heterocycles. The van der Waals surface area contributed by atoms with Crippen LogP contribution in [0.2, 0.25) is 0 Å². The first kappa shape index (κ1) is 20.7. The van der Waals surface area contributed by atoms with Gasteiger partial charge in [-0.2, -0.15) is 0 Å². The van der Waals surface area contributed by atoms with Crippen LogP contribution in [0.4, 0.5) is 0 Å². The molecule has 0 bridgehead atoms. The predicted octanol–water partition coefficient (Wildman–Crippen LogP) is -0.332. The second-order valence-corrected chi connectivity index (χ2v) is 6.02. The number of carbonyl (C=O) groups is 3. The minimum Gasteiger partial charge on any atom is -0.369 e. The summed E-state index contributed by atoms with van der Waals surface area (Å²) in [5.41, 5.74) is 11.0. The molecule has 0 radical (unpaired) electrons. The lowest BCUT2D eigenvalue weighted by Gasteiger charge is -2.28. The van der Waals surface area contributed by atoms with Gasteiger partial charge in [0.05, 0.1) is 12.6 Å². The van der Waals surface area contributed by atoms with Crippen LogP contribution >= 0.6 is 12.4 Å². The van der Waals surface area contributed by atoms with E-state index < -0.39 is 6.04 Å². The van der Waals surface area contributed by atoms with Crippen molar-refractivity contribution in [2.45, 2.75) is 51.6 Å². The van der Waals surface area contributed by atoms with E-state index in [4.69, 9.17) is 11.5 Å². The third kappa shape index (κ3) is 6.62. The van der Waals surface area contributed by atoms with Crippen LogP contribution in [0.3, 0.4) is 0 Å². The number of nitrogens with two attached hydrogens (primary N) is 2. The summed E-state index contributed by atoms with van der Waals surface area (Å²) in [5.74, 6) is -1.07. The highest BCUT2D eigenvalue weighted by Crippen LogP contribution is 2.23. The van der Waals surface area contributed by atoms with Crippen LogP contribution in [0.25, 0.3) is 0 Å². The van der Waals surface area contributed by atoms with E-state index in [-0.39, 0.29) is 54.6 Å². The zero-order chi connectivity index (χ0) is 16.0. The molecule has 0 saturated heterocycles. The highest BCUT2D eigenvalue weighted by Gasteiger charge is 2.26. The molecule has 0 spiro atoms. The van der Waals surface area contributed by atoms with Gasteiger partial charge in [-0.3, -0.25) is 14.4 Å². The Morgan fingerprint density at radius 3 is 2.41 bits per heavy atom. The van der Waals surface area contributed by atoms with E-state index in [1.165, 1.54) is 0 Å². The molecule has 6 N–H and O–H groups in total. The molecular formula is C14H27ClN4O3. The Bertz CT molecular complexity index is 404. The Hall–Kier alpha value is -1.34. The van der Waals surface area contributed by atoms with E-state index in [0.717, 1.165) is 19.3 Å². The standard InChI is InChI=1S/C14H26N4O3.ClH/c1-8(2)12(15)14(21)17-7-11(19)18-10-5-3-4-9(6-10)13(16)20;/h8-10,12H,3-7,15H2,1-2H3,(H2,16,20)(H,17,21)(H,18,19);1H/t9?,10?,12-;/m0./s1. The number of carbonyl (C=O) groups excluding carboxylic acids is 3. The van der Waals surface area contributed by atoms with Crippen LogP contribution in [0.15, 0.2) is 0 Å². The van der Waals surface area contributed by atoms with Gasteiger partial charge in [0.25, 0.3) is 0 Å². The SMILES string of the molecule is CC(C)[C@H](N)C(=O)NCC(=O)NC1CCCC(C(N)=O)C1.Cl. The Labute approximate surface area is 137 Å². The number of amides is 3. The summed E-state index contributed by atoms with van der Waals surface area (Å²) >= 11 is 0. The van der Waals surface area contributed by atoms with Gasteiger partial charge < -0.3 is 22.1 Å². The molecule has 7 nitrogen and oxygen atoms in total. The van der Waals surface area contributed by atoms with Gasteiger partial charge in [0, 0.05) is 12.0 Å². The molecule has 1 rings (SSSR count). The quantitative estimate of drug-likeness (QED) is 0.530. The molecule has 0 heterocycles. The average Bonchev–Trinajstić information content (AvgIpc) is 2.44. The first-order chi connectivity index (χ1) is 9.81. The van der Waals surface area contributed by atoms with Gasteiger partial charge in [-0.25, -0.2) is 0 Å². The van der Waals surface area contributed by atoms with Crippen molar-refractivity contribution in [1.29, 1.82) is 0 Å². The molecular weight excluding hydrogens is 308 g/mol.